The summed E-state index contributed by atoms with van der Waals surface area (Å²) in [5.74, 6) is 0.290. The zero-order valence-electron chi connectivity index (χ0n) is 32.1. The van der Waals surface area contributed by atoms with E-state index in [9.17, 15) is 4.79 Å². The number of benzene rings is 4. The lowest BCUT2D eigenvalue weighted by Crippen LogP contribution is -2.55. The zero-order valence-corrected chi connectivity index (χ0v) is 32.1. The molecule has 1 aromatic heterocycles. The molecule has 54 heavy (non-hydrogen) atoms. The largest absolute Gasteiger partial charge is 0.488 e. The summed E-state index contributed by atoms with van der Waals surface area (Å²) in [6, 6.07) is 32.3. The molecule has 1 aliphatic carbocycles. The smallest absolute Gasteiger partial charge is 0.407 e. The Morgan fingerprint density at radius 3 is 2.07 bits per heavy atom. The SMILES string of the molecule is CCOC(OCC)[C@H](C)N(Cc1cccc2cccnc12)C(=O)[C@H](Cc1ccc(OC(C)(C)C)cc1)NC(=O)OCC1c2ccccc2-c2ccccc21. The molecule has 282 valence electrons. The fourth-order valence-electron chi connectivity index (χ4n) is 7.17. The Hall–Kier alpha value is -5.25. The first kappa shape index (κ1) is 38.5. The Morgan fingerprint density at radius 1 is 0.815 bits per heavy atom. The molecule has 0 radical (unpaired) electrons. The van der Waals surface area contributed by atoms with E-state index in [1.165, 1.54) is 0 Å². The van der Waals surface area contributed by atoms with Crippen LogP contribution in [0.4, 0.5) is 4.79 Å². The quantitative estimate of drug-likeness (QED) is 0.108. The number of pyridine rings is 1. The zero-order chi connectivity index (χ0) is 38.2. The molecule has 5 aromatic rings. The van der Waals surface area contributed by atoms with Gasteiger partial charge in [0.25, 0.3) is 0 Å². The highest BCUT2D eigenvalue weighted by Gasteiger charge is 2.35. The minimum absolute atomic E-state index is 0.123. The second kappa shape index (κ2) is 17.3. The standard InChI is InChI=1S/C45H51N3O6/c1-7-51-43(52-8-2)30(3)48(28-33-16-13-15-32-17-14-26-46-41(32)33)42(49)40(27-31-22-24-34(25-23-31)54-45(4,5)6)47-44(50)53-29-39-37-20-11-9-18-35(37)36-19-10-12-21-38(36)39/h9-26,30,39-40,43H,7-8,27-29H2,1-6H3,(H,47,50)/t30-,40-/m0/s1. The molecule has 0 saturated heterocycles. The number of nitrogens with one attached hydrogen (secondary N) is 1. The average molecular weight is 730 g/mol. The fourth-order valence-corrected chi connectivity index (χ4v) is 7.17. The molecule has 1 heterocycles. The first-order valence-electron chi connectivity index (χ1n) is 18.8. The van der Waals surface area contributed by atoms with Gasteiger partial charge >= 0.3 is 6.09 Å². The van der Waals surface area contributed by atoms with E-state index in [0.29, 0.717) is 19.0 Å². The van der Waals surface area contributed by atoms with Crippen molar-refractivity contribution in [1.82, 2.24) is 15.2 Å². The average Bonchev–Trinajstić information content (AvgIpc) is 3.49. The Morgan fingerprint density at radius 2 is 1.44 bits per heavy atom. The van der Waals surface area contributed by atoms with E-state index in [0.717, 1.165) is 44.3 Å². The van der Waals surface area contributed by atoms with Gasteiger partial charge in [-0.1, -0.05) is 84.9 Å². The van der Waals surface area contributed by atoms with Gasteiger partial charge in [-0.15, -0.1) is 0 Å². The van der Waals surface area contributed by atoms with Gasteiger partial charge < -0.3 is 29.2 Å². The summed E-state index contributed by atoms with van der Waals surface area (Å²) in [6.07, 6.45) is 0.590. The van der Waals surface area contributed by atoms with Crippen LogP contribution in [0.1, 0.15) is 69.7 Å². The van der Waals surface area contributed by atoms with Gasteiger partial charge in [0.1, 0.15) is 24.0 Å². The monoisotopic (exact) mass is 729 g/mol. The lowest BCUT2D eigenvalue weighted by molar-refractivity contribution is -0.179. The maximum Gasteiger partial charge on any atom is 0.407 e. The highest BCUT2D eigenvalue weighted by molar-refractivity contribution is 5.87. The van der Waals surface area contributed by atoms with Crippen LogP contribution >= 0.6 is 0 Å². The van der Waals surface area contributed by atoms with Crippen LogP contribution < -0.4 is 10.1 Å². The fraction of sp³-hybridized carbons (Fsp3) is 0.356. The summed E-state index contributed by atoms with van der Waals surface area (Å²) in [4.78, 5) is 35.2. The molecule has 0 saturated carbocycles. The summed E-state index contributed by atoms with van der Waals surface area (Å²) in [5.41, 5.74) is 6.64. The molecule has 1 N–H and O–H groups in total. The van der Waals surface area contributed by atoms with Gasteiger partial charge in [-0.05, 0) is 93.1 Å². The molecule has 9 nitrogen and oxygen atoms in total. The van der Waals surface area contributed by atoms with Crippen LogP contribution in [-0.4, -0.2) is 65.7 Å². The van der Waals surface area contributed by atoms with Crippen LogP contribution in [0.25, 0.3) is 22.0 Å². The van der Waals surface area contributed by atoms with Gasteiger partial charge in [0.2, 0.25) is 5.91 Å². The van der Waals surface area contributed by atoms with Crippen molar-refractivity contribution in [2.24, 2.45) is 0 Å². The number of aromatic nitrogens is 1. The molecule has 0 fully saturated rings. The number of carbonyl (C=O) groups excluding carboxylic acids is 2. The number of alkyl carbamates (subject to hydrolysis) is 1. The topological polar surface area (TPSA) is 99.2 Å². The lowest BCUT2D eigenvalue weighted by Gasteiger charge is -2.36. The summed E-state index contributed by atoms with van der Waals surface area (Å²) in [5, 5.41) is 3.94. The molecular formula is C45H51N3O6. The summed E-state index contributed by atoms with van der Waals surface area (Å²) in [7, 11) is 0. The number of para-hydroxylation sites is 1. The van der Waals surface area contributed by atoms with Crippen molar-refractivity contribution in [1.29, 1.82) is 0 Å². The molecule has 1 aliphatic rings. The van der Waals surface area contributed by atoms with Gasteiger partial charge in [0, 0.05) is 43.7 Å². The Balaban J connectivity index is 1.30. The van der Waals surface area contributed by atoms with Crippen molar-refractivity contribution in [3.8, 4) is 16.9 Å². The van der Waals surface area contributed by atoms with E-state index < -0.39 is 24.5 Å². The van der Waals surface area contributed by atoms with Crippen LogP contribution in [0, 0.1) is 0 Å². The van der Waals surface area contributed by atoms with Crippen LogP contribution in [-0.2, 0) is 32.0 Å². The van der Waals surface area contributed by atoms with Gasteiger partial charge in [-0.25, -0.2) is 4.79 Å². The third-order valence-corrected chi connectivity index (χ3v) is 9.61. The van der Waals surface area contributed by atoms with Crippen molar-refractivity contribution in [2.45, 2.75) is 84.4 Å². The highest BCUT2D eigenvalue weighted by Crippen LogP contribution is 2.44. The van der Waals surface area contributed by atoms with E-state index in [1.807, 2.05) is 120 Å². The summed E-state index contributed by atoms with van der Waals surface area (Å²) in [6.45, 7) is 12.8. The van der Waals surface area contributed by atoms with Crippen LogP contribution in [0.5, 0.6) is 5.75 Å². The Labute approximate surface area is 318 Å². The molecule has 9 heteroatoms. The summed E-state index contributed by atoms with van der Waals surface area (Å²) < 4.78 is 24.1. The number of ether oxygens (including phenoxy) is 4. The van der Waals surface area contributed by atoms with E-state index in [1.54, 1.807) is 11.1 Å². The van der Waals surface area contributed by atoms with Gasteiger partial charge in [0.15, 0.2) is 6.29 Å². The first-order valence-corrected chi connectivity index (χ1v) is 18.8. The molecule has 4 aromatic carbocycles. The van der Waals surface area contributed by atoms with Gasteiger partial charge in [-0.3, -0.25) is 9.78 Å². The van der Waals surface area contributed by atoms with Crippen molar-refractivity contribution in [3.05, 3.63) is 132 Å². The lowest BCUT2D eigenvalue weighted by atomic mass is 9.98. The number of rotatable bonds is 15. The van der Waals surface area contributed by atoms with Gasteiger partial charge in [-0.2, -0.15) is 0 Å². The van der Waals surface area contributed by atoms with E-state index >= 15 is 4.79 Å². The number of amides is 2. The van der Waals surface area contributed by atoms with Crippen molar-refractivity contribution < 1.29 is 28.5 Å². The number of nitrogens with zero attached hydrogens (tertiary/aromatic N) is 2. The maximum atomic E-state index is 15.0. The van der Waals surface area contributed by atoms with Crippen molar-refractivity contribution in [3.63, 3.8) is 0 Å². The number of carbonyl (C=O) groups is 2. The second-order valence-corrected chi connectivity index (χ2v) is 14.6. The molecule has 0 bridgehead atoms. The molecular weight excluding hydrogens is 679 g/mol. The predicted octanol–water partition coefficient (Wildman–Crippen LogP) is 8.68. The number of hydrogen-bond donors (Lipinski definition) is 1. The molecule has 2 amide bonds. The van der Waals surface area contributed by atoms with Crippen LogP contribution in [0.3, 0.4) is 0 Å². The minimum Gasteiger partial charge on any atom is -0.488 e. The number of fused-ring (bicyclic) bond motifs is 4. The van der Waals surface area contributed by atoms with Crippen molar-refractivity contribution >= 4 is 22.9 Å². The summed E-state index contributed by atoms with van der Waals surface area (Å²) >= 11 is 0. The third-order valence-electron chi connectivity index (χ3n) is 9.61. The minimum atomic E-state index is -0.982. The highest BCUT2D eigenvalue weighted by atomic mass is 16.7. The molecule has 0 unspecified atom stereocenters. The van der Waals surface area contributed by atoms with Crippen molar-refractivity contribution in [2.75, 3.05) is 19.8 Å². The normalized spacial score (nSPS) is 13.6. The predicted molar refractivity (Wildman–Crippen MR) is 211 cm³/mol. The van der Waals surface area contributed by atoms with E-state index in [2.05, 4.69) is 34.6 Å². The second-order valence-electron chi connectivity index (χ2n) is 14.6. The number of hydrogen-bond acceptors (Lipinski definition) is 7. The molecule has 0 aliphatic heterocycles. The third kappa shape index (κ3) is 9.09. The molecule has 0 spiro atoms. The molecule has 6 rings (SSSR count). The maximum absolute atomic E-state index is 15.0. The van der Waals surface area contributed by atoms with Gasteiger partial charge in [0.05, 0.1) is 11.6 Å². The van der Waals surface area contributed by atoms with E-state index in [-0.39, 0.29) is 37.0 Å². The van der Waals surface area contributed by atoms with Crippen LogP contribution in [0.15, 0.2) is 109 Å². The Kier molecular flexibility index (Phi) is 12.3. The molecule has 2 atom stereocenters. The van der Waals surface area contributed by atoms with E-state index in [4.69, 9.17) is 18.9 Å². The van der Waals surface area contributed by atoms with Crippen LogP contribution in [0.2, 0.25) is 0 Å². The first-order chi connectivity index (χ1) is 26.1. The Bertz CT molecular complexity index is 1990.